The molecule has 2 N–H and O–H groups in total. The normalized spacial score (nSPS) is 17.5. The van der Waals surface area contributed by atoms with Crippen LogP contribution in [0.3, 0.4) is 0 Å². The van der Waals surface area contributed by atoms with Crippen molar-refractivity contribution in [2.24, 2.45) is 0 Å². The van der Waals surface area contributed by atoms with E-state index in [1.807, 2.05) is 45.1 Å². The van der Waals surface area contributed by atoms with Crippen LogP contribution in [0.15, 0.2) is 59.6 Å². The van der Waals surface area contributed by atoms with Crippen LogP contribution in [0.5, 0.6) is 5.88 Å². The molecule has 224 valence electrons. The van der Waals surface area contributed by atoms with Crippen LogP contribution in [0.2, 0.25) is 5.02 Å². The predicted octanol–water partition coefficient (Wildman–Crippen LogP) is 6.53. The number of anilines is 1. The molecule has 11 heteroatoms. The second-order valence-electron chi connectivity index (χ2n) is 11.2. The van der Waals surface area contributed by atoms with Crippen LogP contribution in [0.4, 0.5) is 10.6 Å². The third-order valence-corrected chi connectivity index (χ3v) is 8.84. The number of alkyl carbamates (subject to hydrolysis) is 1. The fourth-order valence-electron chi connectivity index (χ4n) is 4.67. The molecule has 42 heavy (non-hydrogen) atoms. The van der Waals surface area contributed by atoms with Gasteiger partial charge in [0, 0.05) is 23.8 Å². The number of rotatable bonds is 9. The summed E-state index contributed by atoms with van der Waals surface area (Å²) in [4.78, 5) is 21.1. The number of nitrogens with zero attached hydrogens (tertiary/aromatic N) is 2. The molecule has 0 radical (unpaired) electrons. The summed E-state index contributed by atoms with van der Waals surface area (Å²) >= 11 is 6.09. The first-order chi connectivity index (χ1) is 19.9. The van der Waals surface area contributed by atoms with E-state index in [1.54, 1.807) is 36.5 Å². The summed E-state index contributed by atoms with van der Waals surface area (Å²) in [7, 11) is -2.17. The Kier molecular flexibility index (Phi) is 10.1. The molecule has 0 saturated heterocycles. The molecule has 0 spiro atoms. The third kappa shape index (κ3) is 8.93. The molecule has 4 rings (SSSR count). The number of benzene rings is 1. The van der Waals surface area contributed by atoms with Crippen molar-refractivity contribution in [3.63, 3.8) is 0 Å². The predicted molar refractivity (Wildman–Crippen MR) is 165 cm³/mol. The van der Waals surface area contributed by atoms with Crippen LogP contribution in [0, 0.1) is 0 Å². The molecule has 9 nitrogen and oxygen atoms in total. The number of carbonyl (C=O) groups excluding carboxylic acids is 1. The molecule has 0 bridgehead atoms. The lowest BCUT2D eigenvalue weighted by molar-refractivity contribution is 0.0492. The van der Waals surface area contributed by atoms with Gasteiger partial charge in [0.15, 0.2) is 9.84 Å². The van der Waals surface area contributed by atoms with Crippen LogP contribution >= 0.6 is 11.6 Å². The largest absolute Gasteiger partial charge is 0.481 e. The maximum Gasteiger partial charge on any atom is 0.407 e. The van der Waals surface area contributed by atoms with Gasteiger partial charge in [-0.2, -0.15) is 0 Å². The van der Waals surface area contributed by atoms with Gasteiger partial charge >= 0.3 is 6.09 Å². The first-order valence-corrected chi connectivity index (χ1v) is 15.9. The minimum atomic E-state index is -3.67. The van der Waals surface area contributed by atoms with E-state index in [9.17, 15) is 13.2 Å². The van der Waals surface area contributed by atoms with Crippen molar-refractivity contribution in [1.29, 1.82) is 0 Å². The van der Waals surface area contributed by atoms with Crippen molar-refractivity contribution in [3.05, 3.63) is 76.6 Å². The number of pyridine rings is 2. The molecule has 1 aromatic carbocycles. The molecule has 2 heterocycles. The zero-order valence-corrected chi connectivity index (χ0v) is 25.8. The maximum atomic E-state index is 12.9. The van der Waals surface area contributed by atoms with E-state index in [0.717, 1.165) is 37.1 Å². The Balaban J connectivity index is 1.31. The van der Waals surface area contributed by atoms with Crippen molar-refractivity contribution < 1.29 is 22.7 Å². The number of carbonyl (C=O) groups is 1. The highest BCUT2D eigenvalue weighted by molar-refractivity contribution is 7.90. The molecule has 3 aromatic rings. The molecule has 0 unspecified atom stereocenters. The number of halogens is 1. The summed E-state index contributed by atoms with van der Waals surface area (Å²) < 4.78 is 36.5. The van der Waals surface area contributed by atoms with Gasteiger partial charge in [-0.25, -0.2) is 23.2 Å². The first kappa shape index (κ1) is 31.3. The third-order valence-electron chi connectivity index (χ3n) is 6.69. The van der Waals surface area contributed by atoms with Gasteiger partial charge in [-0.15, -0.1) is 0 Å². The van der Waals surface area contributed by atoms with E-state index in [2.05, 4.69) is 20.6 Å². The van der Waals surface area contributed by atoms with Gasteiger partial charge in [0.05, 0.1) is 28.5 Å². The Bertz CT molecular complexity index is 1510. The second kappa shape index (κ2) is 13.6. The molecular formula is C31H37ClN4O5S. The molecule has 1 saturated carbocycles. The average molecular weight is 613 g/mol. The molecular weight excluding hydrogens is 576 g/mol. The number of methoxy groups -OCH3 is 1. The van der Waals surface area contributed by atoms with Crippen LogP contribution in [0.1, 0.15) is 63.3 Å². The van der Waals surface area contributed by atoms with Crippen molar-refractivity contribution in [2.75, 3.05) is 12.4 Å². The lowest BCUT2D eigenvalue weighted by Gasteiger charge is -2.30. The highest BCUT2D eigenvalue weighted by Gasteiger charge is 2.25. The topological polar surface area (TPSA) is 120 Å². The number of sulfone groups is 1. The lowest BCUT2D eigenvalue weighted by Crippen LogP contribution is -2.42. The standard InChI is InChI=1S/C31H37ClN4O5S/c1-31(2,3)41-30(37)36-24-16-14-23(15-17-24)34-28-18-10-21(19-33-28)9-11-22-12-13-25(35-29(22)40-4)20-42(38,39)27-8-6-5-7-26(27)32/h5-13,18-19,23-24H,14-17,20H2,1-4H3,(H,33,34)(H,36,37)/b11-9+. The van der Waals surface area contributed by atoms with Gasteiger partial charge in [-0.1, -0.05) is 29.8 Å². The fourth-order valence-corrected chi connectivity index (χ4v) is 6.52. The summed E-state index contributed by atoms with van der Waals surface area (Å²) in [6.45, 7) is 5.57. The number of aromatic nitrogens is 2. The second-order valence-corrected chi connectivity index (χ2v) is 13.6. The van der Waals surface area contributed by atoms with Crippen molar-refractivity contribution >= 4 is 45.5 Å². The molecule has 1 aliphatic carbocycles. The Morgan fingerprint density at radius 2 is 1.74 bits per heavy atom. The molecule has 1 aliphatic rings. The Morgan fingerprint density at radius 3 is 2.38 bits per heavy atom. The van der Waals surface area contributed by atoms with Crippen LogP contribution in [0.25, 0.3) is 12.2 Å². The van der Waals surface area contributed by atoms with Gasteiger partial charge in [-0.3, -0.25) is 0 Å². The Hall–Kier alpha value is -3.63. The smallest absolute Gasteiger partial charge is 0.407 e. The van der Waals surface area contributed by atoms with Crippen molar-refractivity contribution in [3.8, 4) is 5.88 Å². The van der Waals surface area contributed by atoms with E-state index >= 15 is 0 Å². The number of hydrogen-bond acceptors (Lipinski definition) is 8. The summed E-state index contributed by atoms with van der Waals surface area (Å²) in [6, 6.07) is 14.1. The van der Waals surface area contributed by atoms with E-state index in [1.165, 1.54) is 13.2 Å². The zero-order chi connectivity index (χ0) is 30.3. The number of amides is 1. The summed E-state index contributed by atoms with van der Waals surface area (Å²) in [5, 5.41) is 6.63. The summed E-state index contributed by atoms with van der Waals surface area (Å²) in [6.07, 6.45) is 8.74. The molecule has 1 amide bonds. The number of hydrogen-bond donors (Lipinski definition) is 2. The van der Waals surface area contributed by atoms with Gasteiger partial charge < -0.3 is 20.1 Å². The fraction of sp³-hybridized carbons (Fsp3) is 0.387. The minimum Gasteiger partial charge on any atom is -0.481 e. The zero-order valence-electron chi connectivity index (χ0n) is 24.3. The van der Waals surface area contributed by atoms with Gasteiger partial charge in [0.2, 0.25) is 5.88 Å². The average Bonchev–Trinajstić information content (AvgIpc) is 2.93. The summed E-state index contributed by atoms with van der Waals surface area (Å²) in [5.74, 6) is 0.817. The van der Waals surface area contributed by atoms with Crippen molar-refractivity contribution in [1.82, 2.24) is 15.3 Å². The highest BCUT2D eigenvalue weighted by atomic mass is 35.5. The highest BCUT2D eigenvalue weighted by Crippen LogP contribution is 2.26. The SMILES string of the molecule is COc1nc(CS(=O)(=O)c2ccccc2Cl)ccc1/C=C/c1ccc(NC2CCC(NC(=O)OC(C)(C)C)CC2)nc1. The van der Waals surface area contributed by atoms with Gasteiger partial charge in [-0.05, 0) is 94.5 Å². The molecule has 1 fully saturated rings. The van der Waals surface area contributed by atoms with E-state index in [-0.39, 0.29) is 33.8 Å². The van der Waals surface area contributed by atoms with E-state index < -0.39 is 15.4 Å². The number of ether oxygens (including phenoxy) is 2. The van der Waals surface area contributed by atoms with Gasteiger partial charge in [0.1, 0.15) is 11.4 Å². The first-order valence-electron chi connectivity index (χ1n) is 13.8. The van der Waals surface area contributed by atoms with Crippen LogP contribution in [-0.2, 0) is 20.3 Å². The number of nitrogens with one attached hydrogen (secondary N) is 2. The van der Waals surface area contributed by atoms with Crippen molar-refractivity contribution in [2.45, 2.75) is 74.8 Å². The maximum absolute atomic E-state index is 12.9. The Labute approximate surface area is 252 Å². The monoisotopic (exact) mass is 612 g/mol. The van der Waals surface area contributed by atoms with Crippen LogP contribution < -0.4 is 15.4 Å². The van der Waals surface area contributed by atoms with E-state index in [0.29, 0.717) is 17.1 Å². The van der Waals surface area contributed by atoms with Crippen LogP contribution in [-0.4, -0.2) is 49.3 Å². The summed E-state index contributed by atoms with van der Waals surface area (Å²) in [5.41, 5.74) is 1.44. The Morgan fingerprint density at radius 1 is 1.02 bits per heavy atom. The van der Waals surface area contributed by atoms with Gasteiger partial charge in [0.25, 0.3) is 0 Å². The lowest BCUT2D eigenvalue weighted by atomic mass is 9.91. The molecule has 0 atom stereocenters. The molecule has 2 aromatic heterocycles. The molecule has 0 aliphatic heterocycles. The quantitative estimate of drug-likeness (QED) is 0.280. The minimum absolute atomic E-state index is 0.0738. The van der Waals surface area contributed by atoms with E-state index in [4.69, 9.17) is 21.1 Å².